The van der Waals surface area contributed by atoms with Crippen molar-refractivity contribution >= 4 is 5.97 Å². The van der Waals surface area contributed by atoms with Crippen LogP contribution in [-0.2, 0) is 15.1 Å². The monoisotopic (exact) mass is 283 g/mol. The molecular weight excluding hydrogens is 266 g/mol. The van der Waals surface area contributed by atoms with Crippen LogP contribution >= 0.6 is 0 Å². The van der Waals surface area contributed by atoms with Gasteiger partial charge in [-0.15, -0.1) is 0 Å². The number of hydrogen-bond donors (Lipinski definition) is 1. The largest absolute Gasteiger partial charge is 0.468 e. The second kappa shape index (κ2) is 5.22. The van der Waals surface area contributed by atoms with E-state index < -0.39 is 17.6 Å². The van der Waals surface area contributed by atoms with Crippen molar-refractivity contribution in [2.24, 2.45) is 5.73 Å². The third kappa shape index (κ3) is 1.99. The van der Waals surface area contributed by atoms with Gasteiger partial charge >= 0.3 is 5.97 Å². The predicted octanol–water partition coefficient (Wildman–Crippen LogP) is 2.54. The Morgan fingerprint density at radius 2 is 1.86 bits per heavy atom. The van der Waals surface area contributed by atoms with Crippen LogP contribution in [0.15, 0.2) is 54.6 Å². The number of carbonyl (C=O) groups excluding carboxylic acids is 1. The topological polar surface area (TPSA) is 61.5 Å². The van der Waals surface area contributed by atoms with Crippen LogP contribution in [0.2, 0.25) is 0 Å². The SMILES string of the molecule is CCOC(=O)[C@]1(c2ccccc2)Oc2ccccc2[C@@H]1N. The molecule has 0 spiro atoms. The highest BCUT2D eigenvalue weighted by atomic mass is 16.6. The van der Waals surface area contributed by atoms with E-state index in [2.05, 4.69) is 0 Å². The van der Waals surface area contributed by atoms with Crippen molar-refractivity contribution in [2.45, 2.75) is 18.6 Å². The average molecular weight is 283 g/mol. The molecule has 0 amide bonds. The van der Waals surface area contributed by atoms with Crippen LogP contribution < -0.4 is 10.5 Å². The van der Waals surface area contributed by atoms with Crippen molar-refractivity contribution in [2.75, 3.05) is 6.61 Å². The Labute approximate surface area is 123 Å². The Kier molecular flexibility index (Phi) is 3.39. The lowest BCUT2D eigenvalue weighted by molar-refractivity contribution is -0.163. The maximum Gasteiger partial charge on any atom is 0.357 e. The fourth-order valence-electron chi connectivity index (χ4n) is 2.74. The van der Waals surface area contributed by atoms with E-state index in [1.165, 1.54) is 0 Å². The van der Waals surface area contributed by atoms with Crippen molar-refractivity contribution in [3.63, 3.8) is 0 Å². The van der Waals surface area contributed by atoms with Crippen molar-refractivity contribution in [3.05, 3.63) is 65.7 Å². The molecule has 21 heavy (non-hydrogen) atoms. The number of ether oxygens (including phenoxy) is 2. The molecule has 108 valence electrons. The third-order valence-electron chi connectivity index (χ3n) is 3.74. The molecule has 0 saturated carbocycles. The Balaban J connectivity index is 2.14. The van der Waals surface area contributed by atoms with Gasteiger partial charge < -0.3 is 15.2 Å². The number of nitrogens with two attached hydrogens (primary N) is 1. The summed E-state index contributed by atoms with van der Waals surface area (Å²) in [5.74, 6) is 0.168. The molecule has 4 nitrogen and oxygen atoms in total. The summed E-state index contributed by atoms with van der Waals surface area (Å²) in [6.07, 6.45) is 0. The summed E-state index contributed by atoms with van der Waals surface area (Å²) in [6.45, 7) is 2.05. The Morgan fingerprint density at radius 1 is 1.19 bits per heavy atom. The molecule has 2 aromatic carbocycles. The van der Waals surface area contributed by atoms with Crippen LogP contribution in [0.5, 0.6) is 5.75 Å². The molecule has 1 aliphatic rings. The standard InChI is InChI=1S/C17H17NO3/c1-2-20-16(19)17(12-8-4-3-5-9-12)15(18)13-10-6-7-11-14(13)21-17/h3-11,15H,2,18H2,1H3/t15-,17+/m0/s1. The molecular formula is C17H17NO3. The highest BCUT2D eigenvalue weighted by Gasteiger charge is 2.55. The molecule has 0 fully saturated rings. The van der Waals surface area contributed by atoms with E-state index in [1.54, 1.807) is 6.92 Å². The maximum atomic E-state index is 12.6. The molecule has 1 aliphatic heterocycles. The molecule has 0 radical (unpaired) electrons. The summed E-state index contributed by atoms with van der Waals surface area (Å²) in [5, 5.41) is 0. The number of para-hydroxylation sites is 1. The van der Waals surface area contributed by atoms with E-state index in [9.17, 15) is 4.79 Å². The second-order valence-electron chi connectivity index (χ2n) is 4.94. The van der Waals surface area contributed by atoms with Crippen molar-refractivity contribution < 1.29 is 14.3 Å². The van der Waals surface area contributed by atoms with Gasteiger partial charge in [-0.25, -0.2) is 4.79 Å². The van der Waals surface area contributed by atoms with Crippen LogP contribution in [0.25, 0.3) is 0 Å². The summed E-state index contributed by atoms with van der Waals surface area (Å²) in [5.41, 5.74) is 6.56. The summed E-state index contributed by atoms with van der Waals surface area (Å²) in [6, 6.07) is 16.1. The minimum absolute atomic E-state index is 0.278. The van der Waals surface area contributed by atoms with Crippen LogP contribution in [0, 0.1) is 0 Å². The van der Waals surface area contributed by atoms with E-state index >= 15 is 0 Å². The molecule has 3 rings (SSSR count). The Morgan fingerprint density at radius 3 is 2.52 bits per heavy atom. The predicted molar refractivity (Wildman–Crippen MR) is 78.8 cm³/mol. The first-order valence-corrected chi connectivity index (χ1v) is 6.96. The van der Waals surface area contributed by atoms with Crippen molar-refractivity contribution in [1.29, 1.82) is 0 Å². The number of rotatable bonds is 3. The number of fused-ring (bicyclic) bond motifs is 1. The van der Waals surface area contributed by atoms with E-state index in [0.29, 0.717) is 11.3 Å². The minimum Gasteiger partial charge on any atom is -0.468 e. The molecule has 0 unspecified atom stereocenters. The second-order valence-corrected chi connectivity index (χ2v) is 4.94. The first-order chi connectivity index (χ1) is 10.2. The zero-order valence-electron chi connectivity index (χ0n) is 11.8. The number of benzene rings is 2. The smallest absolute Gasteiger partial charge is 0.357 e. The summed E-state index contributed by atoms with van der Waals surface area (Å²) < 4.78 is 11.2. The van der Waals surface area contributed by atoms with E-state index in [1.807, 2.05) is 54.6 Å². The normalized spacial score (nSPS) is 23.2. The molecule has 2 atom stereocenters. The summed E-state index contributed by atoms with van der Waals surface area (Å²) in [7, 11) is 0. The zero-order chi connectivity index (χ0) is 14.9. The lowest BCUT2D eigenvalue weighted by Gasteiger charge is -2.30. The van der Waals surface area contributed by atoms with Crippen LogP contribution in [0.3, 0.4) is 0 Å². The first-order valence-electron chi connectivity index (χ1n) is 6.96. The average Bonchev–Trinajstić information content (AvgIpc) is 2.83. The van der Waals surface area contributed by atoms with Gasteiger partial charge in [-0.05, 0) is 13.0 Å². The molecule has 0 bridgehead atoms. The maximum absolute atomic E-state index is 12.6. The van der Waals surface area contributed by atoms with Gasteiger partial charge in [0.15, 0.2) is 0 Å². The van der Waals surface area contributed by atoms with Gasteiger partial charge in [0.25, 0.3) is 0 Å². The Hall–Kier alpha value is -2.33. The van der Waals surface area contributed by atoms with Crippen molar-refractivity contribution in [3.8, 4) is 5.75 Å². The van der Waals surface area contributed by atoms with Gasteiger partial charge in [-0.1, -0.05) is 48.5 Å². The van der Waals surface area contributed by atoms with Crippen molar-refractivity contribution in [1.82, 2.24) is 0 Å². The first kappa shape index (κ1) is 13.6. The van der Waals surface area contributed by atoms with Gasteiger partial charge in [0.05, 0.1) is 12.6 Å². The molecule has 0 saturated heterocycles. The van der Waals surface area contributed by atoms with Gasteiger partial charge in [-0.3, -0.25) is 0 Å². The fraction of sp³-hybridized carbons (Fsp3) is 0.235. The number of hydrogen-bond acceptors (Lipinski definition) is 4. The number of carbonyl (C=O) groups is 1. The zero-order valence-corrected chi connectivity index (χ0v) is 11.8. The Bertz CT molecular complexity index is 656. The summed E-state index contributed by atoms with van der Waals surface area (Å²) in [4.78, 5) is 12.6. The van der Waals surface area contributed by atoms with Gasteiger partial charge in [0.1, 0.15) is 5.75 Å². The van der Waals surface area contributed by atoms with E-state index in [0.717, 1.165) is 5.56 Å². The van der Waals surface area contributed by atoms with Gasteiger partial charge in [0.2, 0.25) is 5.60 Å². The van der Waals surface area contributed by atoms with Crippen LogP contribution in [0.4, 0.5) is 0 Å². The van der Waals surface area contributed by atoms with E-state index in [4.69, 9.17) is 15.2 Å². The molecule has 1 heterocycles. The minimum atomic E-state index is -1.32. The van der Waals surface area contributed by atoms with Gasteiger partial charge in [0, 0.05) is 11.1 Å². The van der Waals surface area contributed by atoms with Crippen LogP contribution in [-0.4, -0.2) is 12.6 Å². The molecule has 2 N–H and O–H groups in total. The highest BCUT2D eigenvalue weighted by Crippen LogP contribution is 2.48. The lowest BCUT2D eigenvalue weighted by Crippen LogP contribution is -2.47. The number of esters is 1. The molecule has 2 aromatic rings. The summed E-state index contributed by atoms with van der Waals surface area (Å²) >= 11 is 0. The lowest BCUT2D eigenvalue weighted by atomic mass is 9.85. The molecule has 4 heteroatoms. The quantitative estimate of drug-likeness (QED) is 0.879. The molecule has 0 aliphatic carbocycles. The highest BCUT2D eigenvalue weighted by molar-refractivity contribution is 5.85. The van der Waals surface area contributed by atoms with E-state index in [-0.39, 0.29) is 6.61 Å². The van der Waals surface area contributed by atoms with Crippen LogP contribution in [0.1, 0.15) is 24.1 Å². The third-order valence-corrected chi connectivity index (χ3v) is 3.74. The molecule has 0 aromatic heterocycles. The fourth-order valence-corrected chi connectivity index (χ4v) is 2.74. The van der Waals surface area contributed by atoms with Gasteiger partial charge in [-0.2, -0.15) is 0 Å².